The van der Waals surface area contributed by atoms with Crippen LogP contribution in [-0.2, 0) is 16.6 Å². The molecule has 4 rings (SSSR count). The van der Waals surface area contributed by atoms with E-state index in [0.29, 0.717) is 18.9 Å². The molecule has 0 saturated carbocycles. The number of aromatic nitrogens is 2. The van der Waals surface area contributed by atoms with Crippen molar-refractivity contribution >= 4 is 27.3 Å². The summed E-state index contributed by atoms with van der Waals surface area (Å²) >= 11 is 1.49. The van der Waals surface area contributed by atoms with Crippen LogP contribution in [0.15, 0.2) is 51.2 Å². The lowest BCUT2D eigenvalue weighted by Gasteiger charge is -2.26. The van der Waals surface area contributed by atoms with Crippen LogP contribution in [0.4, 0.5) is 0 Å². The number of hydrogen-bond acceptors (Lipinski definition) is 7. The molecule has 29 heavy (non-hydrogen) atoms. The molecule has 0 unspecified atom stereocenters. The number of carbonyl (C=O) groups is 1. The number of sulfonamides is 1. The predicted molar refractivity (Wildman–Crippen MR) is 108 cm³/mol. The SMILES string of the molecule is O=C(NCc1nc(-c2cccs2)no1)c1cccc(S(=O)(=O)N2CCCCC2)c1. The van der Waals surface area contributed by atoms with Gasteiger partial charge in [0.15, 0.2) is 0 Å². The van der Waals surface area contributed by atoms with Gasteiger partial charge in [0.05, 0.1) is 16.3 Å². The van der Waals surface area contributed by atoms with Crippen molar-refractivity contribution in [3.05, 3.63) is 53.2 Å². The van der Waals surface area contributed by atoms with Crippen LogP contribution in [0.3, 0.4) is 0 Å². The average molecular weight is 433 g/mol. The quantitative estimate of drug-likeness (QED) is 0.642. The van der Waals surface area contributed by atoms with Crippen LogP contribution in [0, 0.1) is 0 Å². The number of carbonyl (C=O) groups excluding carboxylic acids is 1. The van der Waals surface area contributed by atoms with Crippen LogP contribution in [0.25, 0.3) is 10.7 Å². The number of amides is 1. The van der Waals surface area contributed by atoms with Gasteiger partial charge in [-0.05, 0) is 42.5 Å². The molecular formula is C19H20N4O4S2. The molecule has 152 valence electrons. The van der Waals surface area contributed by atoms with Crippen LogP contribution >= 0.6 is 11.3 Å². The highest BCUT2D eigenvalue weighted by molar-refractivity contribution is 7.89. The van der Waals surface area contributed by atoms with Crippen molar-refractivity contribution in [2.45, 2.75) is 30.7 Å². The van der Waals surface area contributed by atoms with Gasteiger partial charge in [0, 0.05) is 18.7 Å². The summed E-state index contributed by atoms with van der Waals surface area (Å²) in [7, 11) is -3.59. The molecule has 0 atom stereocenters. The van der Waals surface area contributed by atoms with Gasteiger partial charge in [0.1, 0.15) is 0 Å². The molecule has 0 aliphatic carbocycles. The molecule has 0 radical (unpaired) electrons. The summed E-state index contributed by atoms with van der Waals surface area (Å²) < 4.78 is 32.3. The summed E-state index contributed by atoms with van der Waals surface area (Å²) in [5, 5.41) is 8.50. The molecule has 1 aliphatic rings. The topological polar surface area (TPSA) is 105 Å². The molecule has 8 nitrogen and oxygen atoms in total. The highest BCUT2D eigenvalue weighted by Gasteiger charge is 2.26. The number of piperidine rings is 1. The second kappa shape index (κ2) is 8.44. The van der Waals surface area contributed by atoms with Gasteiger partial charge in [-0.3, -0.25) is 4.79 Å². The Labute approximate surface area is 172 Å². The number of nitrogens with one attached hydrogen (secondary N) is 1. The van der Waals surface area contributed by atoms with Crippen molar-refractivity contribution in [3.8, 4) is 10.7 Å². The first kappa shape index (κ1) is 19.7. The van der Waals surface area contributed by atoms with E-state index in [2.05, 4.69) is 15.5 Å². The monoisotopic (exact) mass is 432 g/mol. The second-order valence-corrected chi connectivity index (χ2v) is 9.55. The number of nitrogens with zero attached hydrogens (tertiary/aromatic N) is 3. The Morgan fingerprint density at radius 1 is 1.17 bits per heavy atom. The molecule has 1 fully saturated rings. The summed E-state index contributed by atoms with van der Waals surface area (Å²) in [6.45, 7) is 1.09. The summed E-state index contributed by atoms with van der Waals surface area (Å²) in [5.41, 5.74) is 0.265. The van der Waals surface area contributed by atoms with E-state index >= 15 is 0 Å². The first-order chi connectivity index (χ1) is 14.0. The Kier molecular flexibility index (Phi) is 5.74. The first-order valence-corrected chi connectivity index (χ1v) is 11.6. The Bertz CT molecular complexity index is 1090. The fraction of sp³-hybridized carbons (Fsp3) is 0.316. The lowest BCUT2D eigenvalue weighted by atomic mass is 10.2. The molecule has 0 spiro atoms. The van der Waals surface area contributed by atoms with E-state index in [1.165, 1.54) is 27.8 Å². The van der Waals surface area contributed by atoms with Crippen LogP contribution < -0.4 is 5.32 Å². The Morgan fingerprint density at radius 2 is 2.00 bits per heavy atom. The molecule has 1 aliphatic heterocycles. The van der Waals surface area contributed by atoms with Crippen LogP contribution in [0.2, 0.25) is 0 Å². The molecule has 3 heterocycles. The van der Waals surface area contributed by atoms with Crippen molar-refractivity contribution in [2.24, 2.45) is 0 Å². The number of rotatable bonds is 6. The predicted octanol–water partition coefficient (Wildman–Crippen LogP) is 2.90. The molecule has 3 aromatic rings. The van der Waals surface area contributed by atoms with Crippen LogP contribution in [-0.4, -0.2) is 41.9 Å². The molecule has 0 bridgehead atoms. The summed E-state index contributed by atoms with van der Waals surface area (Å²) in [4.78, 5) is 17.8. The van der Waals surface area contributed by atoms with Gasteiger partial charge in [-0.25, -0.2) is 8.42 Å². The molecule has 1 saturated heterocycles. The fourth-order valence-corrected chi connectivity index (χ4v) is 5.36. The van der Waals surface area contributed by atoms with E-state index in [0.717, 1.165) is 24.1 Å². The van der Waals surface area contributed by atoms with Gasteiger partial charge in [-0.1, -0.05) is 23.7 Å². The van der Waals surface area contributed by atoms with Crippen molar-refractivity contribution < 1.29 is 17.7 Å². The zero-order chi connectivity index (χ0) is 20.3. The highest BCUT2D eigenvalue weighted by atomic mass is 32.2. The van der Waals surface area contributed by atoms with Gasteiger partial charge in [0.2, 0.25) is 21.7 Å². The summed E-state index contributed by atoms with van der Waals surface area (Å²) in [6, 6.07) is 9.86. The van der Waals surface area contributed by atoms with Crippen molar-refractivity contribution in [1.82, 2.24) is 19.8 Å². The van der Waals surface area contributed by atoms with Crippen LogP contribution in [0.1, 0.15) is 35.5 Å². The smallest absolute Gasteiger partial charge is 0.251 e. The second-order valence-electron chi connectivity index (χ2n) is 6.66. The Morgan fingerprint density at radius 3 is 2.76 bits per heavy atom. The van der Waals surface area contributed by atoms with Gasteiger partial charge >= 0.3 is 0 Å². The largest absolute Gasteiger partial charge is 0.343 e. The first-order valence-electron chi connectivity index (χ1n) is 9.29. The zero-order valence-corrected chi connectivity index (χ0v) is 17.2. The van der Waals surface area contributed by atoms with E-state index < -0.39 is 15.9 Å². The van der Waals surface area contributed by atoms with E-state index in [-0.39, 0.29) is 22.9 Å². The lowest BCUT2D eigenvalue weighted by Crippen LogP contribution is -2.35. The molecular weight excluding hydrogens is 412 g/mol. The summed E-state index contributed by atoms with van der Waals surface area (Å²) in [6.07, 6.45) is 2.76. The summed E-state index contributed by atoms with van der Waals surface area (Å²) in [5.74, 6) is 0.342. The van der Waals surface area contributed by atoms with Gasteiger partial charge in [0.25, 0.3) is 5.91 Å². The zero-order valence-electron chi connectivity index (χ0n) is 15.6. The minimum absolute atomic E-state index is 0.0559. The maximum Gasteiger partial charge on any atom is 0.251 e. The van der Waals surface area contributed by atoms with E-state index in [4.69, 9.17) is 4.52 Å². The molecule has 1 amide bonds. The van der Waals surface area contributed by atoms with E-state index in [9.17, 15) is 13.2 Å². The van der Waals surface area contributed by atoms with E-state index in [1.807, 2.05) is 17.5 Å². The van der Waals surface area contributed by atoms with Gasteiger partial charge in [-0.15, -0.1) is 11.3 Å². The number of benzene rings is 1. The Hall–Kier alpha value is -2.56. The number of hydrogen-bond donors (Lipinski definition) is 1. The standard InChI is InChI=1S/C19H20N4O4S2/c24-19(20-13-17-21-18(22-27-17)16-8-5-11-28-16)14-6-4-7-15(12-14)29(25,26)23-9-2-1-3-10-23/h4-8,11-12H,1-3,9-10,13H2,(H,20,24). The van der Waals surface area contributed by atoms with Gasteiger partial charge < -0.3 is 9.84 Å². The average Bonchev–Trinajstić information content (AvgIpc) is 3.44. The Balaban J connectivity index is 1.43. The van der Waals surface area contributed by atoms with Crippen molar-refractivity contribution in [3.63, 3.8) is 0 Å². The molecule has 2 aromatic heterocycles. The minimum atomic E-state index is -3.59. The van der Waals surface area contributed by atoms with Crippen molar-refractivity contribution in [2.75, 3.05) is 13.1 Å². The highest BCUT2D eigenvalue weighted by Crippen LogP contribution is 2.22. The van der Waals surface area contributed by atoms with Crippen LogP contribution in [0.5, 0.6) is 0 Å². The third kappa shape index (κ3) is 4.39. The third-order valence-corrected chi connectivity index (χ3v) is 7.42. The van der Waals surface area contributed by atoms with Crippen molar-refractivity contribution in [1.29, 1.82) is 0 Å². The van der Waals surface area contributed by atoms with E-state index in [1.54, 1.807) is 12.1 Å². The molecule has 1 aromatic carbocycles. The molecule has 10 heteroatoms. The lowest BCUT2D eigenvalue weighted by molar-refractivity contribution is 0.0946. The molecule has 1 N–H and O–H groups in total. The maximum atomic E-state index is 12.8. The maximum absolute atomic E-state index is 12.8. The minimum Gasteiger partial charge on any atom is -0.343 e. The van der Waals surface area contributed by atoms with Gasteiger partial charge in [-0.2, -0.15) is 9.29 Å². The number of thiophene rings is 1. The normalized spacial score (nSPS) is 15.3. The fourth-order valence-electron chi connectivity index (χ4n) is 3.14. The third-order valence-electron chi connectivity index (χ3n) is 4.66.